The van der Waals surface area contributed by atoms with E-state index in [1.165, 1.54) is 12.8 Å². The lowest BCUT2D eigenvalue weighted by atomic mass is 10.0. The summed E-state index contributed by atoms with van der Waals surface area (Å²) in [5, 5.41) is 3.28. The van der Waals surface area contributed by atoms with Gasteiger partial charge >= 0.3 is 0 Å². The highest BCUT2D eigenvalue weighted by Crippen LogP contribution is 2.04. The summed E-state index contributed by atoms with van der Waals surface area (Å²) in [6.45, 7) is 6.76. The molecule has 0 fully saturated rings. The van der Waals surface area contributed by atoms with Crippen LogP contribution in [0.5, 0.6) is 0 Å². The number of amides is 1. The fraction of sp³-hybridized carbons (Fsp3) is 0.900. The predicted octanol–water partition coefficient (Wildman–Crippen LogP) is 0.514. The quantitative estimate of drug-likeness (QED) is 0.536. The van der Waals surface area contributed by atoms with Crippen LogP contribution < -0.4 is 11.1 Å². The Hall–Kier alpha value is -0.610. The number of hydrogen-bond acceptors (Lipinski definition) is 3. The second-order valence-corrected chi connectivity index (χ2v) is 3.41. The van der Waals surface area contributed by atoms with Gasteiger partial charge in [0.15, 0.2) is 0 Å². The van der Waals surface area contributed by atoms with Gasteiger partial charge in [-0.3, -0.25) is 4.79 Å². The largest absolute Gasteiger partial charge is 0.370 e. The topological polar surface area (TPSA) is 64.3 Å². The molecule has 0 saturated carbocycles. The Morgan fingerprint density at radius 3 is 2.57 bits per heavy atom. The highest BCUT2D eigenvalue weighted by Gasteiger charge is 2.01. The number of nitrogens with one attached hydrogen (secondary N) is 1. The van der Waals surface area contributed by atoms with E-state index in [4.69, 9.17) is 10.5 Å². The average Bonchev–Trinajstić information content (AvgIpc) is 2.16. The first kappa shape index (κ1) is 13.4. The summed E-state index contributed by atoms with van der Waals surface area (Å²) in [7, 11) is 0. The smallest absolute Gasteiger partial charge is 0.243 e. The molecule has 0 unspecified atom stereocenters. The van der Waals surface area contributed by atoms with Gasteiger partial charge in [-0.25, -0.2) is 0 Å². The molecule has 1 amide bonds. The molecule has 84 valence electrons. The van der Waals surface area contributed by atoms with Gasteiger partial charge in [0.1, 0.15) is 6.61 Å². The van der Waals surface area contributed by atoms with Crippen LogP contribution in [0.1, 0.15) is 26.7 Å². The molecule has 0 atom stereocenters. The third-order valence-corrected chi connectivity index (χ3v) is 2.26. The van der Waals surface area contributed by atoms with E-state index < -0.39 is 5.91 Å². The summed E-state index contributed by atoms with van der Waals surface area (Å²) >= 11 is 0. The Balaban J connectivity index is 3.16. The fourth-order valence-electron chi connectivity index (χ4n) is 1.20. The predicted molar refractivity (Wildman–Crippen MR) is 57.0 cm³/mol. The van der Waals surface area contributed by atoms with Crippen molar-refractivity contribution in [1.29, 1.82) is 0 Å². The van der Waals surface area contributed by atoms with Crippen molar-refractivity contribution < 1.29 is 9.53 Å². The second-order valence-electron chi connectivity index (χ2n) is 3.41. The van der Waals surface area contributed by atoms with Crippen LogP contribution >= 0.6 is 0 Å². The van der Waals surface area contributed by atoms with Crippen LogP contribution in [0.4, 0.5) is 0 Å². The first-order valence-corrected chi connectivity index (χ1v) is 5.27. The van der Waals surface area contributed by atoms with E-state index in [0.717, 1.165) is 19.0 Å². The summed E-state index contributed by atoms with van der Waals surface area (Å²) in [5.41, 5.74) is 4.91. The van der Waals surface area contributed by atoms with Gasteiger partial charge < -0.3 is 15.8 Å². The van der Waals surface area contributed by atoms with E-state index >= 15 is 0 Å². The van der Waals surface area contributed by atoms with Gasteiger partial charge in [0.05, 0.1) is 6.61 Å². The maximum atomic E-state index is 10.3. The van der Waals surface area contributed by atoms with E-state index in [0.29, 0.717) is 6.61 Å². The highest BCUT2D eigenvalue weighted by atomic mass is 16.5. The lowest BCUT2D eigenvalue weighted by molar-refractivity contribution is -0.122. The molecule has 0 aromatic rings. The van der Waals surface area contributed by atoms with Gasteiger partial charge in [0.25, 0.3) is 0 Å². The SMILES string of the molecule is CCC(CC)CNCCOCC(N)=O. The first-order chi connectivity index (χ1) is 6.70. The third kappa shape index (κ3) is 8.01. The van der Waals surface area contributed by atoms with Gasteiger partial charge in [0.2, 0.25) is 5.91 Å². The summed E-state index contributed by atoms with van der Waals surface area (Å²) in [4.78, 5) is 10.3. The number of ether oxygens (including phenoxy) is 1. The zero-order valence-electron chi connectivity index (χ0n) is 9.21. The molecule has 0 spiro atoms. The maximum Gasteiger partial charge on any atom is 0.243 e. The Bertz CT molecular complexity index is 147. The van der Waals surface area contributed by atoms with Crippen LogP contribution in [-0.2, 0) is 9.53 Å². The second kappa shape index (κ2) is 8.97. The Morgan fingerprint density at radius 2 is 2.07 bits per heavy atom. The number of rotatable bonds is 9. The van der Waals surface area contributed by atoms with Gasteiger partial charge in [-0.1, -0.05) is 26.7 Å². The summed E-state index contributed by atoms with van der Waals surface area (Å²) in [5.74, 6) is 0.330. The molecule has 0 heterocycles. The van der Waals surface area contributed by atoms with Crippen LogP contribution in [0.2, 0.25) is 0 Å². The Kier molecular flexibility index (Phi) is 8.57. The number of carbonyl (C=O) groups is 1. The summed E-state index contributed by atoms with van der Waals surface area (Å²) in [6.07, 6.45) is 2.40. The van der Waals surface area contributed by atoms with Gasteiger partial charge in [0, 0.05) is 6.54 Å². The Morgan fingerprint density at radius 1 is 1.43 bits per heavy atom. The normalized spacial score (nSPS) is 10.8. The molecule has 4 nitrogen and oxygen atoms in total. The molecule has 0 aliphatic heterocycles. The molecule has 14 heavy (non-hydrogen) atoms. The maximum absolute atomic E-state index is 10.3. The number of carbonyl (C=O) groups excluding carboxylic acids is 1. The lowest BCUT2D eigenvalue weighted by Gasteiger charge is -2.12. The zero-order valence-corrected chi connectivity index (χ0v) is 9.21. The van der Waals surface area contributed by atoms with Crippen LogP contribution in [0.15, 0.2) is 0 Å². The molecule has 3 N–H and O–H groups in total. The van der Waals surface area contributed by atoms with E-state index in [-0.39, 0.29) is 6.61 Å². The molecule has 0 bridgehead atoms. The molecule has 0 aliphatic rings. The number of primary amides is 1. The minimum absolute atomic E-state index is 0.0205. The van der Waals surface area contributed by atoms with Crippen molar-refractivity contribution in [1.82, 2.24) is 5.32 Å². The van der Waals surface area contributed by atoms with E-state index in [9.17, 15) is 4.79 Å². The third-order valence-electron chi connectivity index (χ3n) is 2.26. The van der Waals surface area contributed by atoms with Crippen LogP contribution in [0.3, 0.4) is 0 Å². The standard InChI is InChI=1S/C10H22N2O2/c1-3-9(4-2)7-12-5-6-14-8-10(11)13/h9,12H,3-8H2,1-2H3,(H2,11,13). The van der Waals surface area contributed by atoms with Gasteiger partial charge in [-0.05, 0) is 12.5 Å². The van der Waals surface area contributed by atoms with Crippen molar-refractivity contribution in [3.8, 4) is 0 Å². The molecule has 0 aromatic carbocycles. The van der Waals surface area contributed by atoms with Crippen molar-refractivity contribution in [3.63, 3.8) is 0 Å². The first-order valence-electron chi connectivity index (χ1n) is 5.27. The zero-order chi connectivity index (χ0) is 10.8. The average molecular weight is 202 g/mol. The van der Waals surface area contributed by atoms with Crippen LogP contribution in [-0.4, -0.2) is 32.2 Å². The van der Waals surface area contributed by atoms with E-state index in [1.54, 1.807) is 0 Å². The van der Waals surface area contributed by atoms with E-state index in [1.807, 2.05) is 0 Å². The molecular weight excluding hydrogens is 180 g/mol. The highest BCUT2D eigenvalue weighted by molar-refractivity contribution is 5.74. The molecule has 0 saturated heterocycles. The lowest BCUT2D eigenvalue weighted by Crippen LogP contribution is -2.27. The van der Waals surface area contributed by atoms with E-state index in [2.05, 4.69) is 19.2 Å². The molecule has 0 aliphatic carbocycles. The van der Waals surface area contributed by atoms with Crippen LogP contribution in [0, 0.1) is 5.92 Å². The molecule has 0 rings (SSSR count). The summed E-state index contributed by atoms with van der Waals surface area (Å²) in [6, 6.07) is 0. The van der Waals surface area contributed by atoms with Crippen molar-refractivity contribution in [3.05, 3.63) is 0 Å². The van der Waals surface area contributed by atoms with Gasteiger partial charge in [-0.15, -0.1) is 0 Å². The van der Waals surface area contributed by atoms with Crippen molar-refractivity contribution >= 4 is 5.91 Å². The summed E-state index contributed by atoms with van der Waals surface area (Å²) < 4.78 is 5.01. The van der Waals surface area contributed by atoms with Crippen molar-refractivity contribution in [2.45, 2.75) is 26.7 Å². The van der Waals surface area contributed by atoms with Crippen molar-refractivity contribution in [2.24, 2.45) is 11.7 Å². The molecule has 4 heteroatoms. The minimum Gasteiger partial charge on any atom is -0.370 e. The molecule has 0 aromatic heterocycles. The minimum atomic E-state index is -0.412. The Labute approximate surface area is 86.2 Å². The molecular formula is C10H22N2O2. The fourth-order valence-corrected chi connectivity index (χ4v) is 1.20. The van der Waals surface area contributed by atoms with Crippen LogP contribution in [0.25, 0.3) is 0 Å². The number of hydrogen-bond donors (Lipinski definition) is 2. The van der Waals surface area contributed by atoms with Crippen molar-refractivity contribution in [2.75, 3.05) is 26.3 Å². The number of nitrogens with two attached hydrogens (primary N) is 1. The molecule has 0 radical (unpaired) electrons. The van der Waals surface area contributed by atoms with Gasteiger partial charge in [-0.2, -0.15) is 0 Å². The monoisotopic (exact) mass is 202 g/mol.